The van der Waals surface area contributed by atoms with E-state index in [0.29, 0.717) is 9.36 Å². The van der Waals surface area contributed by atoms with Gasteiger partial charge in [0.15, 0.2) is 11.4 Å². The van der Waals surface area contributed by atoms with Gasteiger partial charge in [0, 0.05) is 13.2 Å². The van der Waals surface area contributed by atoms with E-state index in [4.69, 9.17) is 11.6 Å². The number of nitrogens with zero attached hydrogens (tertiary/aromatic N) is 5. The first kappa shape index (κ1) is 19.8. The Balaban J connectivity index is 2.07. The molecule has 0 aliphatic rings. The van der Waals surface area contributed by atoms with Crippen LogP contribution in [0.1, 0.15) is 21.9 Å². The van der Waals surface area contributed by atoms with Gasteiger partial charge in [-0.05, 0) is 6.07 Å². The van der Waals surface area contributed by atoms with Crippen LogP contribution in [0.5, 0.6) is 0 Å². The van der Waals surface area contributed by atoms with Crippen LogP contribution in [0.15, 0.2) is 17.4 Å². The lowest BCUT2D eigenvalue weighted by Gasteiger charge is -2.06. The van der Waals surface area contributed by atoms with E-state index in [1.54, 1.807) is 0 Å². The van der Waals surface area contributed by atoms with Gasteiger partial charge >= 0.3 is 12.4 Å². The second kappa shape index (κ2) is 6.97. The molecule has 2 heterocycles. The van der Waals surface area contributed by atoms with Crippen LogP contribution in [0.4, 0.5) is 26.3 Å². The van der Waals surface area contributed by atoms with Gasteiger partial charge in [-0.1, -0.05) is 11.6 Å². The van der Waals surface area contributed by atoms with Crippen LogP contribution in [0, 0.1) is 0 Å². The number of aryl methyl sites for hydroxylation is 1. The Morgan fingerprint density at radius 2 is 1.96 bits per heavy atom. The minimum absolute atomic E-state index is 0.0161. The Morgan fingerprint density at radius 3 is 2.50 bits per heavy atom. The molecular formula is C12H9ClF6N6O. The second-order valence-electron chi connectivity index (χ2n) is 4.89. The molecule has 142 valence electrons. The summed E-state index contributed by atoms with van der Waals surface area (Å²) in [7, 11) is 0.960. The lowest BCUT2D eigenvalue weighted by Crippen LogP contribution is -2.19. The number of alkyl halides is 6. The number of hydrogen-bond donors (Lipinski definition) is 1. The zero-order valence-electron chi connectivity index (χ0n) is 12.7. The van der Waals surface area contributed by atoms with Crippen LogP contribution in [0.3, 0.4) is 0 Å². The number of hydrogen-bond acceptors (Lipinski definition) is 4. The molecule has 0 bridgehead atoms. The van der Waals surface area contributed by atoms with Gasteiger partial charge in [-0.15, -0.1) is 0 Å². The lowest BCUT2D eigenvalue weighted by molar-refractivity contribution is -0.144. The van der Waals surface area contributed by atoms with Gasteiger partial charge in [-0.25, -0.2) is 5.43 Å². The van der Waals surface area contributed by atoms with E-state index in [0.717, 1.165) is 19.5 Å². The first-order chi connectivity index (χ1) is 11.9. The highest BCUT2D eigenvalue weighted by molar-refractivity contribution is 6.34. The molecule has 0 unspecified atom stereocenters. The minimum atomic E-state index is -4.81. The van der Waals surface area contributed by atoms with Crippen molar-refractivity contribution in [3.8, 4) is 0 Å². The Bertz CT molecular complexity index is 836. The molecule has 1 amide bonds. The summed E-state index contributed by atoms with van der Waals surface area (Å²) in [5.74, 6) is -1.13. The van der Waals surface area contributed by atoms with Crippen LogP contribution in [-0.4, -0.2) is 37.9 Å². The largest absolute Gasteiger partial charge is 0.434 e. The highest BCUT2D eigenvalue weighted by Crippen LogP contribution is 2.35. The Morgan fingerprint density at radius 1 is 1.31 bits per heavy atom. The molecular weight excluding hydrogens is 394 g/mol. The summed E-state index contributed by atoms with van der Waals surface area (Å²) in [4.78, 5) is 11.8. The maximum atomic E-state index is 12.8. The van der Waals surface area contributed by atoms with Crippen LogP contribution in [-0.2, 0) is 19.8 Å². The zero-order valence-corrected chi connectivity index (χ0v) is 13.5. The topological polar surface area (TPSA) is 77.1 Å². The van der Waals surface area contributed by atoms with E-state index in [1.165, 1.54) is 6.07 Å². The molecule has 0 aliphatic heterocycles. The van der Waals surface area contributed by atoms with Crippen molar-refractivity contribution in [2.45, 2.75) is 18.9 Å². The molecule has 2 aromatic heterocycles. The molecule has 0 fully saturated rings. The van der Waals surface area contributed by atoms with Crippen molar-refractivity contribution >= 4 is 23.7 Å². The van der Waals surface area contributed by atoms with E-state index in [1.807, 2.05) is 5.43 Å². The average molecular weight is 403 g/mol. The highest BCUT2D eigenvalue weighted by atomic mass is 35.5. The molecule has 0 aromatic carbocycles. The van der Waals surface area contributed by atoms with Crippen molar-refractivity contribution in [2.24, 2.45) is 12.1 Å². The summed E-state index contributed by atoms with van der Waals surface area (Å²) in [6, 6.07) is 1.19. The summed E-state index contributed by atoms with van der Waals surface area (Å²) in [5, 5.41) is 9.41. The Kier molecular flexibility index (Phi) is 5.30. The fourth-order valence-electron chi connectivity index (χ4n) is 1.88. The summed E-state index contributed by atoms with van der Waals surface area (Å²) >= 11 is 5.53. The van der Waals surface area contributed by atoms with Crippen LogP contribution < -0.4 is 5.43 Å². The van der Waals surface area contributed by atoms with E-state index in [9.17, 15) is 31.1 Å². The number of carbonyl (C=O) groups excluding carboxylic acids is 1. The van der Waals surface area contributed by atoms with Crippen molar-refractivity contribution in [3.05, 3.63) is 34.4 Å². The highest BCUT2D eigenvalue weighted by Gasteiger charge is 2.40. The SMILES string of the molecule is Cn1nc(C(=O)N/N=C/c2ccn(CC(F)(F)F)n2)c(Cl)c1C(F)(F)F. The molecule has 0 spiro atoms. The first-order valence-electron chi connectivity index (χ1n) is 6.62. The van der Waals surface area contributed by atoms with Crippen molar-refractivity contribution < 1.29 is 31.1 Å². The third-order valence-corrected chi connectivity index (χ3v) is 3.20. The van der Waals surface area contributed by atoms with Gasteiger partial charge in [0.05, 0.1) is 6.21 Å². The number of hydrazone groups is 1. The molecule has 0 saturated carbocycles. The quantitative estimate of drug-likeness (QED) is 0.485. The van der Waals surface area contributed by atoms with Gasteiger partial charge < -0.3 is 0 Å². The Hall–Kier alpha value is -2.57. The smallest absolute Gasteiger partial charge is 0.265 e. The molecule has 1 N–H and O–H groups in total. The average Bonchev–Trinajstić information content (AvgIpc) is 3.00. The molecule has 7 nitrogen and oxygen atoms in total. The number of carbonyl (C=O) groups is 1. The normalized spacial score (nSPS) is 12.8. The maximum absolute atomic E-state index is 12.8. The van der Waals surface area contributed by atoms with Gasteiger partial charge in [0.25, 0.3) is 5.91 Å². The van der Waals surface area contributed by atoms with Crippen LogP contribution in [0.2, 0.25) is 5.02 Å². The zero-order chi connectivity index (χ0) is 19.7. The summed E-state index contributed by atoms with van der Waals surface area (Å²) in [5.41, 5.74) is -0.160. The van der Waals surface area contributed by atoms with E-state index in [-0.39, 0.29) is 5.69 Å². The predicted octanol–water partition coefficient (Wildman–Crippen LogP) is 2.62. The van der Waals surface area contributed by atoms with Gasteiger partial charge in [-0.2, -0.15) is 41.6 Å². The number of halogens is 7. The number of aromatic nitrogens is 4. The van der Waals surface area contributed by atoms with Gasteiger partial charge in [0.1, 0.15) is 17.3 Å². The molecule has 0 radical (unpaired) electrons. The Labute approximate surface area is 146 Å². The predicted molar refractivity (Wildman–Crippen MR) is 76.6 cm³/mol. The summed E-state index contributed by atoms with van der Waals surface area (Å²) in [6.07, 6.45) is -7.32. The van der Waals surface area contributed by atoms with E-state index < -0.39 is 41.2 Å². The molecule has 0 aliphatic carbocycles. The summed E-state index contributed by atoms with van der Waals surface area (Å²) in [6.45, 7) is -1.31. The van der Waals surface area contributed by atoms with Crippen molar-refractivity contribution in [1.82, 2.24) is 25.0 Å². The van der Waals surface area contributed by atoms with E-state index in [2.05, 4.69) is 15.3 Å². The van der Waals surface area contributed by atoms with Crippen LogP contribution in [0.25, 0.3) is 0 Å². The van der Waals surface area contributed by atoms with Gasteiger partial charge in [-0.3, -0.25) is 14.2 Å². The van der Waals surface area contributed by atoms with E-state index >= 15 is 0 Å². The molecule has 26 heavy (non-hydrogen) atoms. The standard InChI is InChI=1S/C12H9ClF6N6O/c1-24-9(12(17,18)19)7(13)8(23-24)10(26)21-20-4-6-2-3-25(22-6)5-11(14,15)16/h2-4H,5H2,1H3,(H,21,26)/b20-4+. The monoisotopic (exact) mass is 402 g/mol. The van der Waals surface area contributed by atoms with Crippen molar-refractivity contribution in [2.75, 3.05) is 0 Å². The first-order valence-corrected chi connectivity index (χ1v) is 6.99. The number of amides is 1. The summed E-state index contributed by atoms with van der Waals surface area (Å²) < 4.78 is 76.0. The third kappa shape index (κ3) is 4.74. The molecule has 0 atom stereocenters. The van der Waals surface area contributed by atoms with Crippen molar-refractivity contribution in [1.29, 1.82) is 0 Å². The minimum Gasteiger partial charge on any atom is -0.265 e. The fourth-order valence-corrected chi connectivity index (χ4v) is 2.23. The fraction of sp³-hybridized carbons (Fsp3) is 0.333. The number of nitrogens with one attached hydrogen (secondary N) is 1. The molecule has 2 aromatic rings. The molecule has 14 heteroatoms. The van der Waals surface area contributed by atoms with Crippen molar-refractivity contribution in [3.63, 3.8) is 0 Å². The molecule has 2 rings (SSSR count). The third-order valence-electron chi connectivity index (χ3n) is 2.84. The molecule has 0 saturated heterocycles. The second-order valence-corrected chi connectivity index (χ2v) is 5.26. The number of rotatable bonds is 4. The lowest BCUT2D eigenvalue weighted by atomic mass is 10.3. The maximum Gasteiger partial charge on any atom is 0.434 e. The van der Waals surface area contributed by atoms with Crippen LogP contribution >= 0.6 is 11.6 Å². The van der Waals surface area contributed by atoms with Gasteiger partial charge in [0.2, 0.25) is 0 Å².